The normalized spacial score (nSPS) is 12.5. The van der Waals surface area contributed by atoms with Crippen molar-refractivity contribution in [3.8, 4) is 5.75 Å². The number of carbonyl (C=O) groups is 1. The molecule has 0 amide bonds. The van der Waals surface area contributed by atoms with Crippen LogP contribution < -0.4 is 0 Å². The lowest BCUT2D eigenvalue weighted by Crippen LogP contribution is -2.27. The van der Waals surface area contributed by atoms with Gasteiger partial charge in [-0.15, -0.1) is 0 Å². The van der Waals surface area contributed by atoms with E-state index in [0.29, 0.717) is 5.56 Å². The van der Waals surface area contributed by atoms with Crippen LogP contribution in [0.15, 0.2) is 6.07 Å². The largest absolute Gasteiger partial charge is 0.507 e. The van der Waals surface area contributed by atoms with Crippen LogP contribution in [-0.4, -0.2) is 16.2 Å². The molecule has 0 fully saturated rings. The van der Waals surface area contributed by atoms with Gasteiger partial charge in [0.25, 0.3) is 0 Å². The highest BCUT2D eigenvalue weighted by atomic mass is 16.4. The highest BCUT2D eigenvalue weighted by Gasteiger charge is 2.34. The molecule has 0 heterocycles. The number of phenols is 1. The predicted octanol–water partition coefficient (Wildman–Crippen LogP) is 4.77. The summed E-state index contributed by atoms with van der Waals surface area (Å²) >= 11 is 0. The van der Waals surface area contributed by atoms with E-state index in [1.807, 2.05) is 6.07 Å². The van der Waals surface area contributed by atoms with Crippen LogP contribution >= 0.6 is 0 Å². The molecule has 0 spiro atoms. The van der Waals surface area contributed by atoms with Crippen molar-refractivity contribution in [3.63, 3.8) is 0 Å². The van der Waals surface area contributed by atoms with E-state index in [0.717, 1.165) is 24.0 Å². The summed E-state index contributed by atoms with van der Waals surface area (Å²) in [5, 5.41) is 20.1. The van der Waals surface area contributed by atoms with E-state index >= 15 is 0 Å². The predicted molar refractivity (Wildman–Crippen MR) is 86.4 cm³/mol. The second-order valence-electron chi connectivity index (χ2n) is 7.12. The maximum atomic E-state index is 11.5. The molecule has 0 saturated carbocycles. The van der Waals surface area contributed by atoms with Crippen molar-refractivity contribution in [1.29, 1.82) is 0 Å². The Bertz CT molecular complexity index is 554. The van der Waals surface area contributed by atoms with Gasteiger partial charge in [-0.2, -0.15) is 0 Å². The molecule has 21 heavy (non-hydrogen) atoms. The van der Waals surface area contributed by atoms with Crippen LogP contribution in [0.25, 0.3) is 0 Å². The maximum absolute atomic E-state index is 11.5. The number of hydrogen-bond acceptors (Lipinski definition) is 2. The van der Waals surface area contributed by atoms with E-state index in [9.17, 15) is 15.0 Å². The number of aromatic hydroxyl groups is 1. The lowest BCUT2D eigenvalue weighted by atomic mass is 9.70. The second-order valence-corrected chi connectivity index (χ2v) is 7.12. The first-order chi connectivity index (χ1) is 9.49. The molecule has 1 rings (SSSR count). The fraction of sp³-hybridized carbons (Fsp3) is 0.611. The fourth-order valence-electron chi connectivity index (χ4n) is 2.66. The summed E-state index contributed by atoms with van der Waals surface area (Å²) in [7, 11) is 0. The topological polar surface area (TPSA) is 57.5 Å². The zero-order valence-electron chi connectivity index (χ0n) is 14.3. The maximum Gasteiger partial charge on any atom is 0.339 e. The van der Waals surface area contributed by atoms with Gasteiger partial charge in [-0.1, -0.05) is 47.6 Å². The molecule has 0 radical (unpaired) electrons. The van der Waals surface area contributed by atoms with Crippen LogP contribution in [0, 0.1) is 6.92 Å². The monoisotopic (exact) mass is 292 g/mol. The van der Waals surface area contributed by atoms with E-state index < -0.39 is 5.97 Å². The Hall–Kier alpha value is -1.51. The number of carboxylic acid groups (broad SMARTS) is 1. The average molecular weight is 292 g/mol. The Labute approximate surface area is 128 Å². The summed E-state index contributed by atoms with van der Waals surface area (Å²) in [6.45, 7) is 14.3. The van der Waals surface area contributed by atoms with Crippen molar-refractivity contribution in [2.24, 2.45) is 0 Å². The van der Waals surface area contributed by atoms with Gasteiger partial charge in [0.1, 0.15) is 11.3 Å². The Morgan fingerprint density at radius 3 is 1.95 bits per heavy atom. The van der Waals surface area contributed by atoms with Gasteiger partial charge < -0.3 is 10.2 Å². The molecule has 0 atom stereocenters. The molecule has 1 aromatic rings. The van der Waals surface area contributed by atoms with Crippen LogP contribution in [-0.2, 0) is 10.8 Å². The molecule has 0 aliphatic heterocycles. The molecule has 1 aromatic carbocycles. The van der Waals surface area contributed by atoms with Crippen molar-refractivity contribution in [2.75, 3.05) is 0 Å². The van der Waals surface area contributed by atoms with Gasteiger partial charge in [0.2, 0.25) is 0 Å². The minimum absolute atomic E-state index is 0.0298. The molecule has 3 nitrogen and oxygen atoms in total. The van der Waals surface area contributed by atoms with Crippen LogP contribution in [0.3, 0.4) is 0 Å². The number of aromatic carboxylic acids is 1. The summed E-state index contributed by atoms with van der Waals surface area (Å²) in [6, 6.07) is 1.94. The Balaban J connectivity index is 3.86. The number of benzene rings is 1. The molecule has 0 unspecified atom stereocenters. The van der Waals surface area contributed by atoms with Crippen molar-refractivity contribution < 1.29 is 15.0 Å². The summed E-state index contributed by atoms with van der Waals surface area (Å²) in [4.78, 5) is 11.5. The Morgan fingerprint density at radius 1 is 1.10 bits per heavy atom. The lowest BCUT2D eigenvalue weighted by molar-refractivity contribution is 0.0692. The van der Waals surface area contributed by atoms with Gasteiger partial charge in [0.15, 0.2) is 0 Å². The van der Waals surface area contributed by atoms with Crippen LogP contribution in [0.5, 0.6) is 5.75 Å². The van der Waals surface area contributed by atoms with Crippen molar-refractivity contribution in [1.82, 2.24) is 0 Å². The van der Waals surface area contributed by atoms with Gasteiger partial charge >= 0.3 is 5.97 Å². The molecule has 2 N–H and O–H groups in total. The van der Waals surface area contributed by atoms with Crippen molar-refractivity contribution in [3.05, 3.63) is 28.3 Å². The van der Waals surface area contributed by atoms with E-state index in [4.69, 9.17) is 0 Å². The van der Waals surface area contributed by atoms with E-state index in [2.05, 4.69) is 41.5 Å². The zero-order chi connectivity index (χ0) is 16.6. The molecular formula is C18H28O3. The highest BCUT2D eigenvalue weighted by Crippen LogP contribution is 2.44. The third-order valence-electron chi connectivity index (χ3n) is 4.89. The van der Waals surface area contributed by atoms with E-state index in [1.165, 1.54) is 0 Å². The first-order valence-corrected chi connectivity index (χ1v) is 7.60. The van der Waals surface area contributed by atoms with Gasteiger partial charge in [-0.25, -0.2) is 4.79 Å². The molecule has 0 aliphatic carbocycles. The number of hydrogen-bond donors (Lipinski definition) is 2. The molecule has 118 valence electrons. The van der Waals surface area contributed by atoms with Gasteiger partial charge in [-0.3, -0.25) is 0 Å². The standard InChI is InChI=1S/C18H28O3/c1-8-17(4,5)12-10-11(3)13(16(20)21)15(19)14(12)18(6,7)9-2/h10,19H,8-9H2,1-7H3,(H,20,21). The summed E-state index contributed by atoms with van der Waals surface area (Å²) < 4.78 is 0. The fourth-order valence-corrected chi connectivity index (χ4v) is 2.66. The molecule has 0 bridgehead atoms. The molecule has 0 saturated heterocycles. The minimum Gasteiger partial charge on any atom is -0.507 e. The third-order valence-corrected chi connectivity index (χ3v) is 4.89. The van der Waals surface area contributed by atoms with Crippen LogP contribution in [0.1, 0.15) is 81.4 Å². The van der Waals surface area contributed by atoms with Crippen LogP contribution in [0.2, 0.25) is 0 Å². The molecule has 0 aliphatic rings. The summed E-state index contributed by atoms with van der Waals surface area (Å²) in [5.41, 5.74) is 2.09. The quantitative estimate of drug-likeness (QED) is 0.821. The van der Waals surface area contributed by atoms with Gasteiger partial charge in [0, 0.05) is 5.56 Å². The number of aryl methyl sites for hydroxylation is 1. The van der Waals surface area contributed by atoms with Crippen molar-refractivity contribution >= 4 is 5.97 Å². The molecular weight excluding hydrogens is 264 g/mol. The van der Waals surface area contributed by atoms with E-state index in [1.54, 1.807) is 6.92 Å². The number of rotatable bonds is 5. The minimum atomic E-state index is -1.07. The van der Waals surface area contributed by atoms with Crippen molar-refractivity contribution in [2.45, 2.75) is 72.1 Å². The summed E-state index contributed by atoms with van der Waals surface area (Å²) in [6.07, 6.45) is 1.75. The van der Waals surface area contributed by atoms with Gasteiger partial charge in [0.05, 0.1) is 0 Å². The molecule has 0 aromatic heterocycles. The van der Waals surface area contributed by atoms with E-state index in [-0.39, 0.29) is 22.1 Å². The zero-order valence-corrected chi connectivity index (χ0v) is 14.3. The first kappa shape index (κ1) is 17.5. The Morgan fingerprint density at radius 2 is 1.57 bits per heavy atom. The molecule has 3 heteroatoms. The lowest BCUT2D eigenvalue weighted by Gasteiger charge is -2.35. The summed E-state index contributed by atoms with van der Waals surface area (Å²) in [5.74, 6) is -1.13. The van der Waals surface area contributed by atoms with Gasteiger partial charge in [-0.05, 0) is 41.7 Å². The smallest absolute Gasteiger partial charge is 0.339 e. The number of carboxylic acids is 1. The third kappa shape index (κ3) is 3.07. The first-order valence-electron chi connectivity index (χ1n) is 7.60. The average Bonchev–Trinajstić information content (AvgIpc) is 2.37. The Kier molecular flexibility index (Phi) is 4.76. The SMILES string of the molecule is CCC(C)(C)c1cc(C)c(C(=O)O)c(O)c1C(C)(C)CC. The highest BCUT2D eigenvalue weighted by molar-refractivity contribution is 5.93. The second kappa shape index (κ2) is 5.70. The van der Waals surface area contributed by atoms with Crippen LogP contribution in [0.4, 0.5) is 0 Å².